The van der Waals surface area contributed by atoms with Crippen LogP contribution in [0.4, 0.5) is 4.79 Å². The minimum absolute atomic E-state index is 0.00478. The lowest BCUT2D eigenvalue weighted by Gasteiger charge is -2.31. The zero-order valence-corrected chi connectivity index (χ0v) is 19.7. The molecule has 1 amide bonds. The third kappa shape index (κ3) is 8.90. The molecule has 0 spiro atoms. The number of benzene rings is 1. The number of rotatable bonds is 7. The summed E-state index contributed by atoms with van der Waals surface area (Å²) in [6, 6.07) is 9.41. The van der Waals surface area contributed by atoms with Crippen LogP contribution in [0.2, 0.25) is 0 Å². The molecule has 174 valence electrons. The molecule has 0 saturated carbocycles. The van der Waals surface area contributed by atoms with Gasteiger partial charge >= 0.3 is 12.1 Å². The maximum atomic E-state index is 12.8. The molecular formula is C25H39NO5. The van der Waals surface area contributed by atoms with Gasteiger partial charge in [-0.15, -0.1) is 0 Å². The molecule has 1 aliphatic heterocycles. The first-order valence-corrected chi connectivity index (χ1v) is 11.5. The molecule has 1 saturated heterocycles. The van der Waals surface area contributed by atoms with Crippen molar-refractivity contribution in [3.8, 4) is 0 Å². The Morgan fingerprint density at radius 1 is 1.19 bits per heavy atom. The fourth-order valence-electron chi connectivity index (χ4n) is 3.94. The molecule has 0 unspecified atom stereocenters. The molecular weight excluding hydrogens is 394 g/mol. The van der Waals surface area contributed by atoms with Crippen LogP contribution in [0.15, 0.2) is 30.3 Å². The van der Waals surface area contributed by atoms with Crippen molar-refractivity contribution >= 4 is 12.1 Å². The van der Waals surface area contributed by atoms with Crippen LogP contribution in [0.5, 0.6) is 0 Å². The van der Waals surface area contributed by atoms with E-state index in [0.717, 1.165) is 37.7 Å². The van der Waals surface area contributed by atoms with Crippen molar-refractivity contribution < 1.29 is 23.8 Å². The number of carbonyl (C=O) groups excluding carboxylic acids is 2. The SMILES string of the molecule is CCCC[C@H]1[C@H](C)OC(=O)[C@@H](NC(=O)OC(C)(C)C)CCC[C@@H]1OCc1ccccc1. The van der Waals surface area contributed by atoms with Crippen molar-refractivity contribution in [2.75, 3.05) is 0 Å². The van der Waals surface area contributed by atoms with Crippen molar-refractivity contribution in [1.29, 1.82) is 0 Å². The minimum atomic E-state index is -0.711. The summed E-state index contributed by atoms with van der Waals surface area (Å²) < 4.78 is 17.5. The minimum Gasteiger partial charge on any atom is -0.461 e. The van der Waals surface area contributed by atoms with Gasteiger partial charge in [0.25, 0.3) is 0 Å². The van der Waals surface area contributed by atoms with Crippen molar-refractivity contribution in [2.24, 2.45) is 5.92 Å². The zero-order valence-electron chi connectivity index (χ0n) is 19.7. The number of carbonyl (C=O) groups is 2. The first-order chi connectivity index (χ1) is 14.7. The fourth-order valence-corrected chi connectivity index (χ4v) is 3.94. The van der Waals surface area contributed by atoms with E-state index in [4.69, 9.17) is 14.2 Å². The van der Waals surface area contributed by atoms with Gasteiger partial charge in [-0.25, -0.2) is 9.59 Å². The number of esters is 1. The Labute approximate surface area is 187 Å². The van der Waals surface area contributed by atoms with Crippen LogP contribution in [0.25, 0.3) is 0 Å². The summed E-state index contributed by atoms with van der Waals surface area (Å²) in [5.74, 6) is -0.281. The summed E-state index contributed by atoms with van der Waals surface area (Å²) in [7, 11) is 0. The van der Waals surface area contributed by atoms with Crippen LogP contribution in [0.1, 0.15) is 78.7 Å². The molecule has 1 aromatic carbocycles. The molecule has 31 heavy (non-hydrogen) atoms. The Morgan fingerprint density at radius 3 is 2.55 bits per heavy atom. The van der Waals surface area contributed by atoms with Crippen molar-refractivity contribution in [3.63, 3.8) is 0 Å². The van der Waals surface area contributed by atoms with Gasteiger partial charge in [0.05, 0.1) is 12.7 Å². The van der Waals surface area contributed by atoms with E-state index in [9.17, 15) is 9.59 Å². The zero-order chi connectivity index (χ0) is 22.9. The number of cyclic esters (lactones) is 1. The molecule has 1 aromatic rings. The van der Waals surface area contributed by atoms with Crippen LogP contribution < -0.4 is 5.32 Å². The summed E-state index contributed by atoms with van der Waals surface area (Å²) in [5.41, 5.74) is 0.507. The summed E-state index contributed by atoms with van der Waals surface area (Å²) in [6.45, 7) is 10.0. The van der Waals surface area contributed by atoms with Gasteiger partial charge < -0.3 is 19.5 Å². The van der Waals surface area contributed by atoms with Crippen LogP contribution in [0, 0.1) is 5.92 Å². The van der Waals surface area contributed by atoms with Gasteiger partial charge in [-0.2, -0.15) is 0 Å². The Morgan fingerprint density at radius 2 is 1.90 bits per heavy atom. The molecule has 1 heterocycles. The number of nitrogens with one attached hydrogen (secondary N) is 1. The van der Waals surface area contributed by atoms with Gasteiger partial charge in [0.1, 0.15) is 17.7 Å². The first kappa shape index (κ1) is 25.2. The topological polar surface area (TPSA) is 73.9 Å². The normalized spacial score (nSPS) is 25.0. The summed E-state index contributed by atoms with van der Waals surface area (Å²) in [6.07, 6.45) is 4.24. The largest absolute Gasteiger partial charge is 0.461 e. The number of hydrogen-bond donors (Lipinski definition) is 1. The molecule has 0 aliphatic carbocycles. The van der Waals surface area contributed by atoms with Crippen LogP contribution in [-0.4, -0.2) is 35.9 Å². The standard InChI is InChI=1S/C25H39NO5/c1-6-7-14-20-18(2)30-23(27)21(26-24(28)31-25(3,4)5)15-11-16-22(20)29-17-19-12-9-8-10-13-19/h8-10,12-13,18,20-22H,6-7,11,14-17H2,1-5H3,(H,26,28)/t18-,20-,21-,22-/m0/s1. The summed E-state index contributed by atoms with van der Waals surface area (Å²) in [5, 5.41) is 2.70. The van der Waals surface area contributed by atoms with Crippen molar-refractivity contribution in [2.45, 2.75) is 104 Å². The third-order valence-electron chi connectivity index (χ3n) is 5.54. The maximum Gasteiger partial charge on any atom is 0.408 e. The van der Waals surface area contributed by atoms with Gasteiger partial charge in [-0.05, 0) is 58.9 Å². The molecule has 1 fully saturated rings. The summed E-state index contributed by atoms with van der Waals surface area (Å²) in [4.78, 5) is 25.0. The van der Waals surface area contributed by atoms with E-state index in [1.807, 2.05) is 25.1 Å². The number of alkyl carbamates (subject to hydrolysis) is 1. The molecule has 6 nitrogen and oxygen atoms in total. The maximum absolute atomic E-state index is 12.8. The summed E-state index contributed by atoms with van der Waals surface area (Å²) >= 11 is 0. The van der Waals surface area contributed by atoms with Gasteiger partial charge in [-0.3, -0.25) is 0 Å². The van der Waals surface area contributed by atoms with Crippen LogP contribution in [0.3, 0.4) is 0 Å². The highest BCUT2D eigenvalue weighted by atomic mass is 16.6. The number of hydrogen-bond acceptors (Lipinski definition) is 5. The van der Waals surface area contributed by atoms with E-state index in [1.165, 1.54) is 0 Å². The molecule has 4 atom stereocenters. The smallest absolute Gasteiger partial charge is 0.408 e. The molecule has 0 bridgehead atoms. The lowest BCUT2D eigenvalue weighted by molar-refractivity contribution is -0.156. The predicted octanol–water partition coefficient (Wildman–Crippen LogP) is 5.39. The molecule has 0 radical (unpaired) electrons. The molecule has 0 aromatic heterocycles. The second-order valence-electron chi connectivity index (χ2n) is 9.41. The average molecular weight is 434 g/mol. The second kappa shape index (κ2) is 12.1. The Hall–Kier alpha value is -2.08. The first-order valence-electron chi connectivity index (χ1n) is 11.5. The Kier molecular flexibility index (Phi) is 9.82. The van der Waals surface area contributed by atoms with Gasteiger partial charge in [0.2, 0.25) is 0 Å². The van der Waals surface area contributed by atoms with E-state index >= 15 is 0 Å². The van der Waals surface area contributed by atoms with Gasteiger partial charge in [-0.1, -0.05) is 50.1 Å². The fraction of sp³-hybridized carbons (Fsp3) is 0.680. The molecule has 2 rings (SSSR count). The lowest BCUT2D eigenvalue weighted by atomic mass is 9.88. The Bertz CT molecular complexity index is 685. The van der Waals surface area contributed by atoms with E-state index in [2.05, 4.69) is 24.4 Å². The van der Waals surface area contributed by atoms with Crippen LogP contribution >= 0.6 is 0 Å². The Balaban J connectivity index is 2.08. The lowest BCUT2D eigenvalue weighted by Crippen LogP contribution is -2.45. The monoisotopic (exact) mass is 433 g/mol. The van der Waals surface area contributed by atoms with E-state index in [1.54, 1.807) is 20.8 Å². The van der Waals surface area contributed by atoms with Crippen LogP contribution in [-0.2, 0) is 25.6 Å². The van der Waals surface area contributed by atoms with Gasteiger partial charge in [0, 0.05) is 5.92 Å². The highest BCUT2D eigenvalue weighted by Gasteiger charge is 2.35. The number of amides is 1. The van der Waals surface area contributed by atoms with Crippen molar-refractivity contribution in [3.05, 3.63) is 35.9 Å². The van der Waals surface area contributed by atoms with E-state index in [0.29, 0.717) is 13.0 Å². The highest BCUT2D eigenvalue weighted by Crippen LogP contribution is 2.29. The van der Waals surface area contributed by atoms with Crippen molar-refractivity contribution in [1.82, 2.24) is 5.32 Å². The molecule has 6 heteroatoms. The highest BCUT2D eigenvalue weighted by molar-refractivity contribution is 5.81. The van der Waals surface area contributed by atoms with Gasteiger partial charge in [0.15, 0.2) is 0 Å². The number of ether oxygens (including phenoxy) is 3. The van der Waals surface area contributed by atoms with E-state index < -0.39 is 23.7 Å². The number of unbranched alkanes of at least 4 members (excludes halogenated alkanes) is 1. The third-order valence-corrected chi connectivity index (χ3v) is 5.54. The molecule has 1 aliphatic rings. The average Bonchev–Trinajstić information content (AvgIpc) is 2.74. The quantitative estimate of drug-likeness (QED) is 0.584. The van der Waals surface area contributed by atoms with E-state index in [-0.39, 0.29) is 18.1 Å². The second-order valence-corrected chi connectivity index (χ2v) is 9.41. The molecule has 1 N–H and O–H groups in total. The predicted molar refractivity (Wildman–Crippen MR) is 121 cm³/mol.